The number of halogens is 1. The summed E-state index contributed by atoms with van der Waals surface area (Å²) in [5.41, 5.74) is 1.58. The number of hydrogen-bond donors (Lipinski definition) is 1. The monoisotopic (exact) mass is 437 g/mol. The SMILES string of the molecule is CC(C)Sc1ccc(CC(=O)NCCN2c3cc(F)ccc3N(C)S2(=O)=O)cc1. The highest BCUT2D eigenvalue weighted by Gasteiger charge is 2.37. The van der Waals surface area contributed by atoms with Crippen LogP contribution in [0.25, 0.3) is 0 Å². The lowest BCUT2D eigenvalue weighted by Crippen LogP contribution is -2.41. The van der Waals surface area contributed by atoms with Crippen molar-refractivity contribution in [3.8, 4) is 0 Å². The normalized spacial score (nSPS) is 14.9. The van der Waals surface area contributed by atoms with Gasteiger partial charge in [-0.15, -0.1) is 11.8 Å². The van der Waals surface area contributed by atoms with Gasteiger partial charge >= 0.3 is 10.2 Å². The molecule has 0 aromatic heterocycles. The summed E-state index contributed by atoms with van der Waals surface area (Å²) in [6.45, 7) is 4.40. The molecule has 0 fully saturated rings. The Kier molecular flexibility index (Phi) is 6.38. The summed E-state index contributed by atoms with van der Waals surface area (Å²) in [7, 11) is -2.34. The summed E-state index contributed by atoms with van der Waals surface area (Å²) in [4.78, 5) is 13.4. The second-order valence-electron chi connectivity index (χ2n) is 7.02. The van der Waals surface area contributed by atoms with Gasteiger partial charge in [-0.3, -0.25) is 9.10 Å². The molecule has 1 aliphatic heterocycles. The van der Waals surface area contributed by atoms with Crippen molar-refractivity contribution in [1.82, 2.24) is 5.32 Å². The third kappa shape index (κ3) is 4.84. The standard InChI is InChI=1S/C20H24FN3O3S2/c1-14(2)28-17-7-4-15(5-8-17)12-20(25)22-10-11-24-19-13-16(21)6-9-18(19)23(3)29(24,26)27/h4-9,13-14H,10-12H2,1-3H3,(H,22,25). The molecule has 2 aromatic rings. The molecule has 0 saturated carbocycles. The van der Waals surface area contributed by atoms with E-state index < -0.39 is 16.0 Å². The van der Waals surface area contributed by atoms with Crippen LogP contribution in [0, 0.1) is 5.82 Å². The van der Waals surface area contributed by atoms with E-state index >= 15 is 0 Å². The summed E-state index contributed by atoms with van der Waals surface area (Å²) in [6, 6.07) is 11.7. The van der Waals surface area contributed by atoms with Crippen LogP contribution in [-0.2, 0) is 21.4 Å². The number of nitrogens with one attached hydrogen (secondary N) is 1. The highest BCUT2D eigenvalue weighted by Crippen LogP contribution is 2.39. The van der Waals surface area contributed by atoms with Crippen molar-refractivity contribution in [2.24, 2.45) is 0 Å². The molecule has 0 saturated heterocycles. The number of carbonyl (C=O) groups excluding carboxylic acids is 1. The van der Waals surface area contributed by atoms with Gasteiger partial charge in [-0.2, -0.15) is 8.42 Å². The molecule has 1 heterocycles. The first-order chi connectivity index (χ1) is 13.7. The number of amides is 1. The van der Waals surface area contributed by atoms with Gasteiger partial charge in [-0.05, 0) is 29.8 Å². The molecule has 0 aliphatic carbocycles. The van der Waals surface area contributed by atoms with Gasteiger partial charge < -0.3 is 5.32 Å². The van der Waals surface area contributed by atoms with E-state index in [1.165, 1.54) is 25.2 Å². The summed E-state index contributed by atoms with van der Waals surface area (Å²) in [6.07, 6.45) is 0.213. The highest BCUT2D eigenvalue weighted by molar-refractivity contribution is 7.99. The number of rotatable bonds is 7. The lowest BCUT2D eigenvalue weighted by Gasteiger charge is -2.19. The maximum atomic E-state index is 13.6. The smallest absolute Gasteiger partial charge is 0.326 e. The molecule has 1 N–H and O–H groups in total. The Morgan fingerprint density at radius 1 is 1.14 bits per heavy atom. The Morgan fingerprint density at radius 3 is 2.48 bits per heavy atom. The number of anilines is 2. The molecule has 3 rings (SSSR count). The predicted molar refractivity (Wildman–Crippen MR) is 115 cm³/mol. The zero-order valence-electron chi connectivity index (χ0n) is 16.6. The lowest BCUT2D eigenvalue weighted by molar-refractivity contribution is -0.120. The van der Waals surface area contributed by atoms with E-state index in [9.17, 15) is 17.6 Å². The van der Waals surface area contributed by atoms with Crippen LogP contribution in [0.5, 0.6) is 0 Å². The number of thioether (sulfide) groups is 1. The molecule has 9 heteroatoms. The molecule has 156 valence electrons. The fourth-order valence-corrected chi connectivity index (χ4v) is 5.35. The number of nitrogens with zero attached hydrogens (tertiary/aromatic N) is 2. The van der Waals surface area contributed by atoms with E-state index in [1.807, 2.05) is 24.3 Å². The summed E-state index contributed by atoms with van der Waals surface area (Å²) >= 11 is 1.76. The Labute approximate surface area is 175 Å². The second kappa shape index (κ2) is 8.62. The van der Waals surface area contributed by atoms with E-state index in [2.05, 4.69) is 19.2 Å². The summed E-state index contributed by atoms with van der Waals surface area (Å²) in [5.74, 6) is -0.707. The van der Waals surface area contributed by atoms with E-state index in [4.69, 9.17) is 0 Å². The largest absolute Gasteiger partial charge is 0.354 e. The second-order valence-corrected chi connectivity index (χ2v) is 10.6. The van der Waals surface area contributed by atoms with Gasteiger partial charge in [0.05, 0.1) is 24.3 Å². The Morgan fingerprint density at radius 2 is 1.83 bits per heavy atom. The van der Waals surface area contributed by atoms with Crippen LogP contribution in [0.1, 0.15) is 19.4 Å². The van der Waals surface area contributed by atoms with Crippen LogP contribution in [0.15, 0.2) is 47.4 Å². The maximum absolute atomic E-state index is 13.6. The molecule has 0 unspecified atom stereocenters. The molecule has 1 amide bonds. The van der Waals surface area contributed by atoms with Crippen LogP contribution in [0.2, 0.25) is 0 Å². The molecule has 0 atom stereocenters. The summed E-state index contributed by atoms with van der Waals surface area (Å²) < 4.78 is 40.9. The molecule has 6 nitrogen and oxygen atoms in total. The molecule has 0 bridgehead atoms. The van der Waals surface area contributed by atoms with Gasteiger partial charge in [0.25, 0.3) is 0 Å². The minimum atomic E-state index is -3.77. The van der Waals surface area contributed by atoms with Crippen LogP contribution in [0.4, 0.5) is 15.8 Å². The summed E-state index contributed by atoms with van der Waals surface area (Å²) in [5, 5.41) is 3.23. The van der Waals surface area contributed by atoms with Crippen molar-refractivity contribution in [2.45, 2.75) is 30.4 Å². The van der Waals surface area contributed by atoms with Crippen molar-refractivity contribution in [3.05, 3.63) is 53.8 Å². The zero-order chi connectivity index (χ0) is 21.2. The van der Waals surface area contributed by atoms with E-state index in [1.54, 1.807) is 11.8 Å². The van der Waals surface area contributed by atoms with Crippen molar-refractivity contribution >= 4 is 39.3 Å². The van der Waals surface area contributed by atoms with Gasteiger partial charge in [0.15, 0.2) is 0 Å². The highest BCUT2D eigenvalue weighted by atomic mass is 32.2. The molecule has 0 radical (unpaired) electrons. The molecule has 2 aromatic carbocycles. The average Bonchev–Trinajstić information content (AvgIpc) is 2.83. The van der Waals surface area contributed by atoms with Crippen molar-refractivity contribution < 1.29 is 17.6 Å². The minimum absolute atomic E-state index is 0.0266. The lowest BCUT2D eigenvalue weighted by atomic mass is 10.1. The zero-order valence-corrected chi connectivity index (χ0v) is 18.2. The van der Waals surface area contributed by atoms with Gasteiger partial charge in [0.1, 0.15) is 5.82 Å². The van der Waals surface area contributed by atoms with E-state index in [-0.39, 0.29) is 31.1 Å². The fraction of sp³-hybridized carbons (Fsp3) is 0.350. The van der Waals surface area contributed by atoms with Crippen molar-refractivity contribution in [3.63, 3.8) is 0 Å². The third-order valence-corrected chi connectivity index (χ3v) is 7.31. The van der Waals surface area contributed by atoms with Crippen LogP contribution >= 0.6 is 11.8 Å². The number of fused-ring (bicyclic) bond motifs is 1. The Balaban J connectivity index is 1.57. The maximum Gasteiger partial charge on any atom is 0.326 e. The molecule has 1 aliphatic rings. The first kappa shape index (κ1) is 21.4. The van der Waals surface area contributed by atoms with E-state index in [0.29, 0.717) is 10.9 Å². The van der Waals surface area contributed by atoms with Gasteiger partial charge in [0, 0.05) is 29.8 Å². The third-order valence-electron chi connectivity index (χ3n) is 4.47. The average molecular weight is 438 g/mol. The van der Waals surface area contributed by atoms with Crippen LogP contribution < -0.4 is 13.9 Å². The van der Waals surface area contributed by atoms with Crippen molar-refractivity contribution in [2.75, 3.05) is 28.7 Å². The Bertz CT molecular complexity index is 995. The number of hydrogen-bond acceptors (Lipinski definition) is 4. The van der Waals surface area contributed by atoms with Gasteiger partial charge in [0.2, 0.25) is 5.91 Å². The van der Waals surface area contributed by atoms with Crippen molar-refractivity contribution in [1.29, 1.82) is 0 Å². The Hall–Kier alpha value is -2.26. The molecular weight excluding hydrogens is 413 g/mol. The van der Waals surface area contributed by atoms with Gasteiger partial charge in [-0.25, -0.2) is 8.70 Å². The van der Waals surface area contributed by atoms with Crippen LogP contribution in [0.3, 0.4) is 0 Å². The first-order valence-electron chi connectivity index (χ1n) is 9.27. The van der Waals surface area contributed by atoms with Crippen LogP contribution in [-0.4, -0.2) is 39.7 Å². The number of carbonyl (C=O) groups is 1. The minimum Gasteiger partial charge on any atom is -0.354 e. The van der Waals surface area contributed by atoms with E-state index in [0.717, 1.165) is 19.1 Å². The molecule has 0 spiro atoms. The quantitative estimate of drug-likeness (QED) is 0.676. The predicted octanol–water partition coefficient (Wildman–Crippen LogP) is 3.19. The van der Waals surface area contributed by atoms with Gasteiger partial charge in [-0.1, -0.05) is 26.0 Å². The molecular formula is C20H24FN3O3S2. The molecule has 29 heavy (non-hydrogen) atoms. The fourth-order valence-electron chi connectivity index (χ4n) is 3.10. The first-order valence-corrected chi connectivity index (χ1v) is 11.5. The topological polar surface area (TPSA) is 69.7 Å². The number of benzene rings is 2.